The van der Waals surface area contributed by atoms with Crippen LogP contribution in [0.2, 0.25) is 5.02 Å². The van der Waals surface area contributed by atoms with Crippen molar-refractivity contribution in [1.29, 1.82) is 5.26 Å². The van der Waals surface area contributed by atoms with Crippen LogP contribution in [0.5, 0.6) is 0 Å². The largest absolute Gasteiger partial charge is 0.416 e. The van der Waals surface area contributed by atoms with Gasteiger partial charge < -0.3 is 0 Å². The Labute approximate surface area is 173 Å². The second-order valence-electron chi connectivity index (χ2n) is 7.26. The Morgan fingerprint density at radius 1 is 1.21 bits per heavy atom. The van der Waals surface area contributed by atoms with E-state index >= 15 is 0 Å². The van der Waals surface area contributed by atoms with Crippen molar-refractivity contribution in [3.05, 3.63) is 64.2 Å². The van der Waals surface area contributed by atoms with Crippen LogP contribution in [0.1, 0.15) is 49.6 Å². The molecule has 2 aromatic rings. The molecular formula is C19H18ClF4N3OS. The van der Waals surface area contributed by atoms with Gasteiger partial charge in [0.15, 0.2) is 0 Å². The first-order chi connectivity index (χ1) is 13.3. The number of pyridine rings is 1. The molecular weight excluding hydrogens is 430 g/mol. The molecule has 0 aliphatic rings. The Hall–Kier alpha value is -2.02. The Morgan fingerprint density at radius 2 is 1.86 bits per heavy atom. The van der Waals surface area contributed by atoms with Crippen molar-refractivity contribution < 1.29 is 21.8 Å². The number of nitriles is 1. The lowest BCUT2D eigenvalue weighted by molar-refractivity contribution is -0.137. The number of aromatic nitrogens is 1. The van der Waals surface area contributed by atoms with Gasteiger partial charge in [0.1, 0.15) is 5.82 Å². The number of rotatable bonds is 5. The fraction of sp³-hybridized carbons (Fsp3) is 0.368. The van der Waals surface area contributed by atoms with Gasteiger partial charge >= 0.3 is 6.18 Å². The van der Waals surface area contributed by atoms with E-state index in [4.69, 9.17) is 11.6 Å². The molecule has 29 heavy (non-hydrogen) atoms. The number of nitrogens with zero attached hydrogens (tertiary/aromatic N) is 2. The van der Waals surface area contributed by atoms with Gasteiger partial charge in [0.25, 0.3) is 0 Å². The average Bonchev–Trinajstić information content (AvgIpc) is 2.60. The summed E-state index contributed by atoms with van der Waals surface area (Å²) in [4.78, 5) is 4.11. The zero-order valence-corrected chi connectivity index (χ0v) is 17.3. The van der Waals surface area contributed by atoms with E-state index in [0.717, 1.165) is 6.07 Å². The number of nitrogens with one attached hydrogen (secondary N) is 1. The molecule has 0 saturated carbocycles. The summed E-state index contributed by atoms with van der Waals surface area (Å²) < 4.78 is 67.9. The fourth-order valence-electron chi connectivity index (χ4n) is 2.46. The van der Waals surface area contributed by atoms with Gasteiger partial charge in [0.2, 0.25) is 0 Å². The molecule has 0 saturated heterocycles. The van der Waals surface area contributed by atoms with E-state index in [0.29, 0.717) is 17.2 Å². The van der Waals surface area contributed by atoms with Crippen molar-refractivity contribution in [2.24, 2.45) is 0 Å². The molecule has 0 spiro atoms. The van der Waals surface area contributed by atoms with E-state index in [9.17, 15) is 27.0 Å². The third kappa shape index (κ3) is 5.98. The maximum absolute atomic E-state index is 13.9. The van der Waals surface area contributed by atoms with Crippen LogP contribution < -0.4 is 4.72 Å². The normalized spacial score (nSPS) is 15.4. The van der Waals surface area contributed by atoms with Crippen LogP contribution in [-0.4, -0.2) is 13.9 Å². The van der Waals surface area contributed by atoms with Crippen LogP contribution in [0.25, 0.3) is 0 Å². The topological polar surface area (TPSA) is 65.8 Å². The number of benzene rings is 1. The molecule has 1 aromatic carbocycles. The lowest BCUT2D eigenvalue weighted by Crippen LogP contribution is -2.38. The predicted molar refractivity (Wildman–Crippen MR) is 103 cm³/mol. The second kappa shape index (κ2) is 8.78. The number of halogens is 5. The van der Waals surface area contributed by atoms with E-state index in [1.165, 1.54) is 18.3 Å². The molecule has 0 fully saturated rings. The first-order valence-corrected chi connectivity index (χ1v) is 9.92. The van der Waals surface area contributed by atoms with Gasteiger partial charge in [-0.05, 0) is 56.7 Å². The highest BCUT2D eigenvalue weighted by molar-refractivity contribution is 7.84. The summed E-state index contributed by atoms with van der Waals surface area (Å²) in [6.07, 6.45) is -3.49. The quantitative estimate of drug-likeness (QED) is 0.633. The molecule has 2 unspecified atom stereocenters. The minimum absolute atomic E-state index is 0.208. The van der Waals surface area contributed by atoms with Crippen molar-refractivity contribution >= 4 is 22.6 Å². The molecule has 156 valence electrons. The fourth-order valence-corrected chi connectivity index (χ4v) is 3.41. The summed E-state index contributed by atoms with van der Waals surface area (Å²) in [6, 6.07) is 5.69. The van der Waals surface area contributed by atoms with Crippen molar-refractivity contribution in [2.45, 2.75) is 43.7 Å². The molecule has 0 amide bonds. The summed E-state index contributed by atoms with van der Waals surface area (Å²) >= 11 is 5.83. The van der Waals surface area contributed by atoms with Gasteiger partial charge in [-0.15, -0.1) is 0 Å². The smallest absolute Gasteiger partial charge is 0.258 e. The Kier molecular flexibility index (Phi) is 7.04. The van der Waals surface area contributed by atoms with Crippen LogP contribution >= 0.6 is 11.6 Å². The molecule has 0 aliphatic carbocycles. The standard InChI is InChI=1S/C19H18ClF4N3OS/c1-18(2,3)29(28)27-17(16-5-4-13(20)10-26-16)15(9-25)11-6-12(19(22,23)24)8-14(21)7-11/h4-8,10,15,17,27H,1-3H3/t15-,17?,29?/m1/s1. The maximum atomic E-state index is 13.9. The summed E-state index contributed by atoms with van der Waals surface area (Å²) in [5.41, 5.74) is -1.19. The molecule has 0 radical (unpaired) electrons. The van der Waals surface area contributed by atoms with E-state index in [1.54, 1.807) is 20.8 Å². The molecule has 1 N–H and O–H groups in total. The van der Waals surface area contributed by atoms with Crippen LogP contribution in [0.15, 0.2) is 36.5 Å². The first-order valence-electron chi connectivity index (χ1n) is 8.39. The van der Waals surface area contributed by atoms with Crippen molar-refractivity contribution in [1.82, 2.24) is 9.71 Å². The van der Waals surface area contributed by atoms with Crippen molar-refractivity contribution in [2.75, 3.05) is 0 Å². The van der Waals surface area contributed by atoms with Crippen LogP contribution in [-0.2, 0) is 17.2 Å². The lowest BCUT2D eigenvalue weighted by Gasteiger charge is -2.27. The second-order valence-corrected chi connectivity index (χ2v) is 9.69. The van der Waals surface area contributed by atoms with Gasteiger partial charge in [-0.3, -0.25) is 4.98 Å². The third-order valence-electron chi connectivity index (χ3n) is 3.94. The minimum atomic E-state index is -4.79. The van der Waals surface area contributed by atoms with Crippen molar-refractivity contribution in [3.8, 4) is 6.07 Å². The van der Waals surface area contributed by atoms with Gasteiger partial charge in [-0.1, -0.05) is 11.6 Å². The predicted octanol–water partition coefficient (Wildman–Crippen LogP) is 5.29. The Morgan fingerprint density at radius 3 is 2.34 bits per heavy atom. The molecule has 1 aromatic heterocycles. The monoisotopic (exact) mass is 447 g/mol. The SMILES string of the molecule is CC(C)(C)S(=O)NC(c1ccc(Cl)cn1)[C@H](C#N)c1cc(F)cc(C(F)(F)F)c1. The number of alkyl halides is 3. The highest BCUT2D eigenvalue weighted by Crippen LogP contribution is 2.36. The Balaban J connectivity index is 2.58. The molecule has 0 aliphatic heterocycles. The maximum Gasteiger partial charge on any atom is 0.416 e. The summed E-state index contributed by atoms with van der Waals surface area (Å²) in [6.45, 7) is 5.06. The highest BCUT2D eigenvalue weighted by atomic mass is 35.5. The van der Waals surface area contributed by atoms with E-state index in [1.807, 2.05) is 6.07 Å². The van der Waals surface area contributed by atoms with E-state index in [-0.39, 0.29) is 11.3 Å². The van der Waals surface area contributed by atoms with Crippen LogP contribution in [0.4, 0.5) is 17.6 Å². The molecule has 0 bridgehead atoms. The zero-order valence-electron chi connectivity index (χ0n) is 15.7. The summed E-state index contributed by atoms with van der Waals surface area (Å²) in [7, 11) is -1.69. The number of hydrogen-bond acceptors (Lipinski definition) is 3. The van der Waals surface area contributed by atoms with Crippen molar-refractivity contribution in [3.63, 3.8) is 0 Å². The molecule has 10 heteroatoms. The van der Waals surface area contributed by atoms with Gasteiger partial charge in [0, 0.05) is 6.20 Å². The van der Waals surface area contributed by atoms with Gasteiger partial charge in [-0.2, -0.15) is 18.4 Å². The van der Waals surface area contributed by atoms with Crippen LogP contribution in [0, 0.1) is 17.1 Å². The Bertz CT molecular complexity index is 936. The van der Waals surface area contributed by atoms with Crippen LogP contribution in [0.3, 0.4) is 0 Å². The molecule has 1 heterocycles. The third-order valence-corrected chi connectivity index (χ3v) is 5.74. The van der Waals surface area contributed by atoms with Gasteiger partial charge in [0.05, 0.1) is 50.0 Å². The first kappa shape index (κ1) is 23.3. The summed E-state index contributed by atoms with van der Waals surface area (Å²) in [5, 5.41) is 10.0. The number of hydrogen-bond donors (Lipinski definition) is 1. The molecule has 4 nitrogen and oxygen atoms in total. The minimum Gasteiger partial charge on any atom is -0.258 e. The van der Waals surface area contributed by atoms with E-state index in [2.05, 4.69) is 9.71 Å². The van der Waals surface area contributed by atoms with Gasteiger partial charge in [-0.25, -0.2) is 13.3 Å². The average molecular weight is 448 g/mol. The molecule has 2 rings (SSSR count). The summed E-state index contributed by atoms with van der Waals surface area (Å²) in [5.74, 6) is -2.43. The molecule has 3 atom stereocenters. The lowest BCUT2D eigenvalue weighted by atomic mass is 9.90. The highest BCUT2D eigenvalue weighted by Gasteiger charge is 2.35. The van der Waals surface area contributed by atoms with E-state index < -0.39 is 45.2 Å². The zero-order chi connectivity index (χ0) is 22.0.